The number of nitrogens with one attached hydrogen (secondary N) is 1. The van der Waals surface area contributed by atoms with Crippen LogP contribution in [0.3, 0.4) is 0 Å². The van der Waals surface area contributed by atoms with Crippen LogP contribution in [0.15, 0.2) is 24.3 Å². The van der Waals surface area contributed by atoms with Gasteiger partial charge in [0.05, 0.1) is 26.2 Å². The van der Waals surface area contributed by atoms with Gasteiger partial charge >= 0.3 is 0 Å². The summed E-state index contributed by atoms with van der Waals surface area (Å²) in [5.41, 5.74) is -0.0757. The van der Waals surface area contributed by atoms with Gasteiger partial charge in [-0.2, -0.15) is 0 Å². The zero-order valence-electron chi connectivity index (χ0n) is 14.7. The van der Waals surface area contributed by atoms with Crippen molar-refractivity contribution in [3.8, 4) is 0 Å². The van der Waals surface area contributed by atoms with Crippen LogP contribution in [0.1, 0.15) is 18.4 Å². The second-order valence-corrected chi connectivity index (χ2v) is 6.23. The van der Waals surface area contributed by atoms with E-state index in [4.69, 9.17) is 9.47 Å². The van der Waals surface area contributed by atoms with Gasteiger partial charge in [0.1, 0.15) is 11.4 Å². The second kappa shape index (κ2) is 8.92. The summed E-state index contributed by atoms with van der Waals surface area (Å²) in [4.78, 5) is 26.0. The molecule has 0 radical (unpaired) electrons. The maximum atomic E-state index is 13.2. The van der Waals surface area contributed by atoms with E-state index in [1.54, 1.807) is 24.1 Å². The van der Waals surface area contributed by atoms with E-state index in [0.29, 0.717) is 26.1 Å². The van der Waals surface area contributed by atoms with Crippen LogP contribution in [0.4, 0.5) is 4.39 Å². The number of carbonyl (C=O) groups is 2. The molecule has 1 aromatic rings. The molecular weight excluding hydrogens is 327 g/mol. The topological polar surface area (TPSA) is 67.9 Å². The average molecular weight is 352 g/mol. The summed E-state index contributed by atoms with van der Waals surface area (Å²) in [6, 6.07) is 6.24. The van der Waals surface area contributed by atoms with Gasteiger partial charge in [-0.05, 0) is 24.1 Å². The molecule has 1 fully saturated rings. The minimum atomic E-state index is -0.856. The van der Waals surface area contributed by atoms with Gasteiger partial charge in [-0.3, -0.25) is 9.59 Å². The van der Waals surface area contributed by atoms with Crippen LogP contribution < -0.4 is 5.32 Å². The number of halogens is 1. The number of ether oxygens (including phenoxy) is 2. The lowest BCUT2D eigenvalue weighted by atomic mass is 9.98. The molecule has 1 unspecified atom stereocenters. The molecule has 0 spiro atoms. The number of hydrogen-bond acceptors (Lipinski definition) is 4. The smallest absolute Gasteiger partial charge is 0.223 e. The van der Waals surface area contributed by atoms with Crippen LogP contribution in [0.2, 0.25) is 0 Å². The Hall–Kier alpha value is -1.99. The Kier molecular flexibility index (Phi) is 6.90. The maximum Gasteiger partial charge on any atom is 0.223 e. The number of carbonyl (C=O) groups excluding carboxylic acids is 2. The first kappa shape index (κ1) is 19.3. The van der Waals surface area contributed by atoms with E-state index in [9.17, 15) is 14.0 Å². The van der Waals surface area contributed by atoms with Crippen molar-refractivity contribution < 1.29 is 23.5 Å². The van der Waals surface area contributed by atoms with Gasteiger partial charge in [-0.25, -0.2) is 4.39 Å². The van der Waals surface area contributed by atoms with Crippen molar-refractivity contribution in [1.82, 2.24) is 10.2 Å². The highest BCUT2D eigenvalue weighted by Gasteiger charge is 2.38. The Morgan fingerprint density at radius 1 is 1.44 bits per heavy atom. The summed E-state index contributed by atoms with van der Waals surface area (Å²) in [5.74, 6) is -0.537. The molecule has 1 saturated heterocycles. The van der Waals surface area contributed by atoms with Gasteiger partial charge in [0.15, 0.2) is 0 Å². The largest absolute Gasteiger partial charge is 0.377 e. The highest BCUT2D eigenvalue weighted by molar-refractivity contribution is 5.78. The van der Waals surface area contributed by atoms with E-state index in [-0.39, 0.29) is 37.1 Å². The van der Waals surface area contributed by atoms with Gasteiger partial charge in [-0.1, -0.05) is 12.1 Å². The predicted molar refractivity (Wildman–Crippen MR) is 90.5 cm³/mol. The van der Waals surface area contributed by atoms with E-state index < -0.39 is 5.60 Å². The van der Waals surface area contributed by atoms with Crippen LogP contribution >= 0.6 is 0 Å². The van der Waals surface area contributed by atoms with Crippen molar-refractivity contribution in [3.63, 3.8) is 0 Å². The SMILES string of the molecule is CNC(=O)CC1(OC)COCCN(C(=O)CCc2cccc(F)c2)C1. The number of nitrogens with zero attached hydrogens (tertiary/aromatic N) is 1. The lowest BCUT2D eigenvalue weighted by molar-refractivity contribution is -0.140. The van der Waals surface area contributed by atoms with Crippen LogP contribution in [-0.2, 0) is 25.5 Å². The summed E-state index contributed by atoms with van der Waals surface area (Å²) < 4.78 is 24.4. The van der Waals surface area contributed by atoms with E-state index in [0.717, 1.165) is 5.56 Å². The average Bonchev–Trinajstić information content (AvgIpc) is 2.83. The molecule has 1 aliphatic rings. The molecule has 6 nitrogen and oxygen atoms in total. The predicted octanol–water partition coefficient (Wildman–Crippen LogP) is 1.14. The van der Waals surface area contributed by atoms with Crippen LogP contribution in [0, 0.1) is 5.82 Å². The summed E-state index contributed by atoms with van der Waals surface area (Å²) in [6.07, 6.45) is 0.847. The normalized spacial score (nSPS) is 20.8. The van der Waals surface area contributed by atoms with Crippen molar-refractivity contribution in [3.05, 3.63) is 35.6 Å². The molecule has 0 aromatic heterocycles. The number of benzene rings is 1. The van der Waals surface area contributed by atoms with Crippen LogP contribution in [0.5, 0.6) is 0 Å². The minimum absolute atomic E-state index is 0.0620. The summed E-state index contributed by atoms with van der Waals surface area (Å²) in [7, 11) is 3.08. The Labute approximate surface area is 147 Å². The summed E-state index contributed by atoms with van der Waals surface area (Å²) in [6.45, 7) is 1.38. The third kappa shape index (κ3) is 5.51. The molecule has 1 aromatic carbocycles. The van der Waals surface area contributed by atoms with E-state index in [1.165, 1.54) is 19.2 Å². The van der Waals surface area contributed by atoms with Crippen molar-refractivity contribution in [2.24, 2.45) is 0 Å². The molecule has 25 heavy (non-hydrogen) atoms. The first-order valence-electron chi connectivity index (χ1n) is 8.34. The molecule has 1 N–H and O–H groups in total. The first-order valence-corrected chi connectivity index (χ1v) is 8.34. The molecule has 2 amide bonds. The lowest BCUT2D eigenvalue weighted by Crippen LogP contribution is -2.50. The summed E-state index contributed by atoms with van der Waals surface area (Å²) in [5, 5.41) is 2.57. The molecule has 1 atom stereocenters. The van der Waals surface area contributed by atoms with Gasteiger partial charge < -0.3 is 19.7 Å². The van der Waals surface area contributed by atoms with Gasteiger partial charge in [-0.15, -0.1) is 0 Å². The standard InChI is InChI=1S/C18H25FN2O4/c1-20-16(22)11-18(24-2)12-21(8-9-25-13-18)17(23)7-6-14-4-3-5-15(19)10-14/h3-5,10H,6-9,11-13H2,1-2H3,(H,20,22). The third-order valence-electron chi connectivity index (χ3n) is 4.41. The van der Waals surface area contributed by atoms with Crippen LogP contribution in [0.25, 0.3) is 0 Å². The Morgan fingerprint density at radius 3 is 2.92 bits per heavy atom. The summed E-state index contributed by atoms with van der Waals surface area (Å²) >= 11 is 0. The fourth-order valence-electron chi connectivity index (χ4n) is 2.90. The maximum absolute atomic E-state index is 13.2. The minimum Gasteiger partial charge on any atom is -0.377 e. The number of aryl methyl sites for hydroxylation is 1. The zero-order chi connectivity index (χ0) is 18.3. The monoisotopic (exact) mass is 352 g/mol. The Bertz CT molecular complexity index is 610. The quantitative estimate of drug-likeness (QED) is 0.834. The van der Waals surface area contributed by atoms with E-state index >= 15 is 0 Å². The molecule has 0 bridgehead atoms. The molecule has 1 heterocycles. The molecule has 0 aliphatic carbocycles. The highest BCUT2D eigenvalue weighted by Crippen LogP contribution is 2.21. The highest BCUT2D eigenvalue weighted by atomic mass is 19.1. The molecule has 1 aliphatic heterocycles. The first-order chi connectivity index (χ1) is 12.0. The fraction of sp³-hybridized carbons (Fsp3) is 0.556. The molecule has 7 heteroatoms. The number of amides is 2. The third-order valence-corrected chi connectivity index (χ3v) is 4.41. The van der Waals surface area contributed by atoms with Crippen molar-refractivity contribution in [1.29, 1.82) is 0 Å². The molecule has 2 rings (SSSR count). The zero-order valence-corrected chi connectivity index (χ0v) is 14.7. The Balaban J connectivity index is 2.00. The second-order valence-electron chi connectivity index (χ2n) is 6.23. The van der Waals surface area contributed by atoms with Crippen molar-refractivity contribution >= 4 is 11.8 Å². The van der Waals surface area contributed by atoms with Gasteiger partial charge in [0, 0.05) is 27.1 Å². The Morgan fingerprint density at radius 2 is 2.24 bits per heavy atom. The van der Waals surface area contributed by atoms with Crippen molar-refractivity contribution in [2.75, 3.05) is 40.5 Å². The number of methoxy groups -OCH3 is 1. The molecule has 138 valence electrons. The van der Waals surface area contributed by atoms with Crippen LogP contribution in [-0.4, -0.2) is 62.8 Å². The van der Waals surface area contributed by atoms with E-state index in [1.807, 2.05) is 0 Å². The van der Waals surface area contributed by atoms with E-state index in [2.05, 4.69) is 5.32 Å². The molecule has 0 saturated carbocycles. The fourth-order valence-corrected chi connectivity index (χ4v) is 2.90. The van der Waals surface area contributed by atoms with Gasteiger partial charge in [0.2, 0.25) is 11.8 Å². The number of rotatable bonds is 6. The lowest BCUT2D eigenvalue weighted by Gasteiger charge is -2.33. The number of hydrogen-bond donors (Lipinski definition) is 1. The molecular formula is C18H25FN2O4. The van der Waals surface area contributed by atoms with Gasteiger partial charge in [0.25, 0.3) is 0 Å². The van der Waals surface area contributed by atoms with Crippen molar-refractivity contribution in [2.45, 2.75) is 24.9 Å².